The Balaban J connectivity index is 1.58. The minimum atomic E-state index is -0.412. The highest BCUT2D eigenvalue weighted by atomic mass is 16.3. The maximum Gasteiger partial charge on any atom is 0.271 e. The first-order valence-electron chi connectivity index (χ1n) is 9.09. The van der Waals surface area contributed by atoms with Crippen molar-refractivity contribution in [3.63, 3.8) is 0 Å². The Hall–Kier alpha value is -3.93. The molecule has 0 saturated heterocycles. The molecule has 29 heavy (non-hydrogen) atoms. The van der Waals surface area contributed by atoms with Gasteiger partial charge < -0.3 is 10.4 Å². The molecule has 6 heteroatoms. The van der Waals surface area contributed by atoms with Gasteiger partial charge in [-0.25, -0.2) is 5.43 Å². The van der Waals surface area contributed by atoms with E-state index in [1.165, 1.54) is 12.1 Å². The summed E-state index contributed by atoms with van der Waals surface area (Å²) in [6.07, 6.45) is 0.310. The fourth-order valence-electron chi connectivity index (χ4n) is 2.69. The fourth-order valence-corrected chi connectivity index (χ4v) is 2.69. The third kappa shape index (κ3) is 5.77. The van der Waals surface area contributed by atoms with Crippen LogP contribution in [-0.2, 0) is 11.2 Å². The highest BCUT2D eigenvalue weighted by molar-refractivity contribution is 6.01. The average molecular weight is 387 g/mol. The number of aromatic hydroxyl groups is 1. The van der Waals surface area contributed by atoms with Crippen LogP contribution in [0.4, 0.5) is 5.69 Å². The number of carbonyl (C=O) groups is 2. The number of benzene rings is 3. The van der Waals surface area contributed by atoms with Gasteiger partial charge in [-0.15, -0.1) is 0 Å². The number of hydrogen-bond donors (Lipinski definition) is 3. The number of carbonyl (C=O) groups excluding carboxylic acids is 2. The number of rotatable bonds is 6. The third-order valence-electron chi connectivity index (χ3n) is 4.23. The SMILES string of the molecule is CC(=NNC(=O)c1cccc(O)c1)c1ccc(NC(=O)Cc2ccccc2)cc1. The lowest BCUT2D eigenvalue weighted by atomic mass is 10.1. The Morgan fingerprint density at radius 3 is 2.31 bits per heavy atom. The van der Waals surface area contributed by atoms with Crippen molar-refractivity contribution in [1.82, 2.24) is 5.43 Å². The lowest BCUT2D eigenvalue weighted by molar-refractivity contribution is -0.115. The number of nitrogens with zero attached hydrogens (tertiary/aromatic N) is 1. The van der Waals surface area contributed by atoms with E-state index in [1.807, 2.05) is 42.5 Å². The highest BCUT2D eigenvalue weighted by Gasteiger charge is 2.07. The van der Waals surface area contributed by atoms with E-state index in [1.54, 1.807) is 31.2 Å². The second-order valence-electron chi connectivity index (χ2n) is 6.48. The molecular formula is C23H21N3O3. The van der Waals surface area contributed by atoms with Crippen LogP contribution in [0.15, 0.2) is 84.0 Å². The molecule has 0 saturated carbocycles. The first-order valence-corrected chi connectivity index (χ1v) is 9.09. The summed E-state index contributed by atoms with van der Waals surface area (Å²) in [6, 6.07) is 22.8. The molecule has 6 nitrogen and oxygen atoms in total. The Morgan fingerprint density at radius 2 is 1.62 bits per heavy atom. The topological polar surface area (TPSA) is 90.8 Å². The van der Waals surface area contributed by atoms with E-state index in [0.29, 0.717) is 23.4 Å². The smallest absolute Gasteiger partial charge is 0.271 e. The summed E-state index contributed by atoms with van der Waals surface area (Å²) in [5.74, 6) is -0.485. The summed E-state index contributed by atoms with van der Waals surface area (Å²) in [6.45, 7) is 1.77. The van der Waals surface area contributed by atoms with Gasteiger partial charge in [-0.1, -0.05) is 48.5 Å². The van der Waals surface area contributed by atoms with Gasteiger partial charge in [0.25, 0.3) is 5.91 Å². The van der Waals surface area contributed by atoms with Crippen LogP contribution >= 0.6 is 0 Å². The third-order valence-corrected chi connectivity index (χ3v) is 4.23. The molecule has 0 spiro atoms. The Kier molecular flexibility index (Phi) is 6.37. The Bertz CT molecular complexity index is 1030. The average Bonchev–Trinajstić information content (AvgIpc) is 2.73. The Labute approximate surface area is 168 Å². The standard InChI is InChI=1S/C23H21N3O3/c1-16(25-26-23(29)19-8-5-9-21(27)15-19)18-10-12-20(13-11-18)24-22(28)14-17-6-3-2-4-7-17/h2-13,15,27H,14H2,1H3,(H,24,28)(H,26,29). The van der Waals surface area contributed by atoms with Crippen molar-refractivity contribution in [1.29, 1.82) is 0 Å². The molecule has 0 aromatic heterocycles. The molecule has 0 aliphatic heterocycles. The van der Waals surface area contributed by atoms with E-state index in [2.05, 4.69) is 15.8 Å². The molecule has 0 atom stereocenters. The maximum atomic E-state index is 12.1. The van der Waals surface area contributed by atoms with Gasteiger partial charge >= 0.3 is 0 Å². The van der Waals surface area contributed by atoms with E-state index in [4.69, 9.17) is 0 Å². The van der Waals surface area contributed by atoms with Gasteiger partial charge in [-0.2, -0.15) is 5.10 Å². The van der Waals surface area contributed by atoms with Gasteiger partial charge in [-0.05, 0) is 48.4 Å². The molecule has 2 amide bonds. The molecule has 3 aromatic rings. The van der Waals surface area contributed by atoms with Crippen LogP contribution in [0.2, 0.25) is 0 Å². The molecule has 0 unspecified atom stereocenters. The zero-order chi connectivity index (χ0) is 20.6. The predicted molar refractivity (Wildman–Crippen MR) is 113 cm³/mol. The molecular weight excluding hydrogens is 366 g/mol. The van der Waals surface area contributed by atoms with Crippen molar-refractivity contribution in [3.8, 4) is 5.75 Å². The van der Waals surface area contributed by atoms with Crippen molar-refractivity contribution in [2.75, 3.05) is 5.32 Å². The summed E-state index contributed by atoms with van der Waals surface area (Å²) in [5.41, 5.74) is 5.84. The quantitative estimate of drug-likeness (QED) is 0.445. The molecule has 3 aromatic carbocycles. The Morgan fingerprint density at radius 1 is 0.897 bits per heavy atom. The van der Waals surface area contributed by atoms with Gasteiger partial charge in [0.1, 0.15) is 5.75 Å². The predicted octanol–water partition coefficient (Wildman–Crippen LogP) is 3.73. The maximum absolute atomic E-state index is 12.1. The molecule has 146 valence electrons. The first kappa shape index (κ1) is 19.8. The number of phenols is 1. The summed E-state index contributed by atoms with van der Waals surface area (Å²) in [4.78, 5) is 24.2. The molecule has 0 heterocycles. The molecule has 0 bridgehead atoms. The second kappa shape index (κ2) is 9.32. The number of hydrazone groups is 1. The van der Waals surface area contributed by atoms with E-state index >= 15 is 0 Å². The van der Waals surface area contributed by atoms with Gasteiger partial charge in [0.15, 0.2) is 0 Å². The second-order valence-corrected chi connectivity index (χ2v) is 6.48. The van der Waals surface area contributed by atoms with Crippen LogP contribution in [0.25, 0.3) is 0 Å². The number of hydrogen-bond acceptors (Lipinski definition) is 4. The lowest BCUT2D eigenvalue weighted by Gasteiger charge is -2.07. The van der Waals surface area contributed by atoms with Crippen LogP contribution in [-0.4, -0.2) is 22.6 Å². The van der Waals surface area contributed by atoms with Crippen LogP contribution in [0.3, 0.4) is 0 Å². The minimum absolute atomic E-state index is 0.0169. The summed E-state index contributed by atoms with van der Waals surface area (Å²) < 4.78 is 0. The van der Waals surface area contributed by atoms with Crippen LogP contribution in [0.1, 0.15) is 28.4 Å². The summed E-state index contributed by atoms with van der Waals surface area (Å²) >= 11 is 0. The molecule has 0 radical (unpaired) electrons. The monoisotopic (exact) mass is 387 g/mol. The van der Waals surface area contributed by atoms with Crippen molar-refractivity contribution in [2.45, 2.75) is 13.3 Å². The number of phenolic OH excluding ortho intramolecular Hbond substituents is 1. The van der Waals surface area contributed by atoms with E-state index < -0.39 is 5.91 Å². The summed E-state index contributed by atoms with van der Waals surface area (Å²) in [5, 5.41) is 16.4. The number of amides is 2. The van der Waals surface area contributed by atoms with Gasteiger partial charge in [-0.3, -0.25) is 9.59 Å². The molecule has 0 aliphatic rings. The molecule has 0 aliphatic carbocycles. The highest BCUT2D eigenvalue weighted by Crippen LogP contribution is 2.12. The zero-order valence-corrected chi connectivity index (χ0v) is 15.9. The van der Waals surface area contributed by atoms with E-state index in [9.17, 15) is 14.7 Å². The number of anilines is 1. The number of nitrogens with one attached hydrogen (secondary N) is 2. The van der Waals surface area contributed by atoms with Crippen molar-refractivity contribution in [2.24, 2.45) is 5.10 Å². The van der Waals surface area contributed by atoms with Gasteiger partial charge in [0, 0.05) is 11.3 Å². The molecule has 3 N–H and O–H groups in total. The van der Waals surface area contributed by atoms with Gasteiger partial charge in [0.2, 0.25) is 5.91 Å². The summed E-state index contributed by atoms with van der Waals surface area (Å²) in [7, 11) is 0. The first-order chi connectivity index (χ1) is 14.0. The normalized spacial score (nSPS) is 11.0. The largest absolute Gasteiger partial charge is 0.508 e. The van der Waals surface area contributed by atoms with Crippen LogP contribution in [0, 0.1) is 0 Å². The van der Waals surface area contributed by atoms with E-state index in [0.717, 1.165) is 11.1 Å². The zero-order valence-electron chi connectivity index (χ0n) is 15.9. The van der Waals surface area contributed by atoms with E-state index in [-0.39, 0.29) is 11.7 Å². The minimum Gasteiger partial charge on any atom is -0.508 e. The lowest BCUT2D eigenvalue weighted by Crippen LogP contribution is -2.19. The van der Waals surface area contributed by atoms with Crippen molar-refractivity contribution >= 4 is 23.2 Å². The van der Waals surface area contributed by atoms with Crippen molar-refractivity contribution in [3.05, 3.63) is 95.6 Å². The van der Waals surface area contributed by atoms with Gasteiger partial charge in [0.05, 0.1) is 12.1 Å². The molecule has 3 rings (SSSR count). The van der Waals surface area contributed by atoms with Crippen LogP contribution < -0.4 is 10.7 Å². The fraction of sp³-hybridized carbons (Fsp3) is 0.0870. The van der Waals surface area contributed by atoms with Crippen LogP contribution in [0.5, 0.6) is 5.75 Å². The molecule has 0 fully saturated rings. The van der Waals surface area contributed by atoms with Crippen molar-refractivity contribution < 1.29 is 14.7 Å².